The predicted molar refractivity (Wildman–Crippen MR) is 115 cm³/mol. The van der Waals surface area contributed by atoms with Crippen molar-refractivity contribution in [3.05, 3.63) is 97.0 Å². The highest BCUT2D eigenvalue weighted by molar-refractivity contribution is 9.10. The van der Waals surface area contributed by atoms with Gasteiger partial charge in [0.05, 0.1) is 9.40 Å². The smallest absolute Gasteiger partial charge is 0.269 e. The Morgan fingerprint density at radius 3 is 2.46 bits per heavy atom. The van der Waals surface area contributed by atoms with Gasteiger partial charge in [-0.25, -0.2) is 0 Å². The van der Waals surface area contributed by atoms with Crippen molar-refractivity contribution >= 4 is 38.9 Å². The fourth-order valence-electron chi connectivity index (χ4n) is 2.63. The number of nitro benzene ring substituents is 1. The van der Waals surface area contributed by atoms with E-state index in [0.717, 1.165) is 26.9 Å². The monoisotopic (exact) mass is 460 g/mol. The van der Waals surface area contributed by atoms with E-state index in [0.29, 0.717) is 23.9 Å². The molecule has 0 bridgehead atoms. The van der Waals surface area contributed by atoms with E-state index in [-0.39, 0.29) is 5.69 Å². The lowest BCUT2D eigenvalue weighted by Crippen LogP contribution is -2.02. The van der Waals surface area contributed by atoms with Crippen molar-refractivity contribution in [3.63, 3.8) is 0 Å². The third-order valence-electron chi connectivity index (χ3n) is 4.22. The number of hydrogen-bond donors (Lipinski definition) is 1. The van der Waals surface area contributed by atoms with Gasteiger partial charge in [0.1, 0.15) is 12.4 Å². The molecule has 0 radical (unpaired) electrons. The van der Waals surface area contributed by atoms with Gasteiger partial charge in [0.2, 0.25) is 0 Å². The lowest BCUT2D eigenvalue weighted by atomic mass is 10.1. The molecule has 0 aliphatic heterocycles. The number of aryl methyl sites for hydroxylation is 1. The second kappa shape index (κ2) is 9.08. The van der Waals surface area contributed by atoms with Crippen molar-refractivity contribution in [1.82, 2.24) is 0 Å². The van der Waals surface area contributed by atoms with Crippen LogP contribution in [0.25, 0.3) is 0 Å². The van der Waals surface area contributed by atoms with Crippen LogP contribution in [0.1, 0.15) is 16.7 Å². The molecule has 3 rings (SSSR count). The summed E-state index contributed by atoms with van der Waals surface area (Å²) in [6, 6.07) is 18.0. The summed E-state index contributed by atoms with van der Waals surface area (Å²) >= 11 is 9.60. The maximum absolute atomic E-state index is 10.7. The van der Waals surface area contributed by atoms with Crippen LogP contribution >= 0.6 is 27.5 Å². The number of rotatable bonds is 7. The molecule has 0 amide bonds. The van der Waals surface area contributed by atoms with Gasteiger partial charge in [-0.05, 0) is 75.9 Å². The maximum Gasteiger partial charge on any atom is 0.269 e. The van der Waals surface area contributed by atoms with Crippen LogP contribution in [0.4, 0.5) is 11.4 Å². The predicted octanol–water partition coefficient (Wildman–Crippen LogP) is 6.51. The van der Waals surface area contributed by atoms with Gasteiger partial charge in [-0.2, -0.15) is 0 Å². The van der Waals surface area contributed by atoms with Crippen molar-refractivity contribution in [3.8, 4) is 5.75 Å². The summed E-state index contributed by atoms with van der Waals surface area (Å²) in [5.74, 6) is 0.709. The fourth-order valence-corrected chi connectivity index (χ4v) is 3.34. The molecule has 0 heterocycles. The number of non-ortho nitro benzene ring substituents is 1. The van der Waals surface area contributed by atoms with Crippen molar-refractivity contribution in [1.29, 1.82) is 0 Å². The van der Waals surface area contributed by atoms with Crippen molar-refractivity contribution in [2.45, 2.75) is 20.1 Å². The molecule has 28 heavy (non-hydrogen) atoms. The molecule has 0 aliphatic carbocycles. The average molecular weight is 462 g/mol. The van der Waals surface area contributed by atoms with Crippen molar-refractivity contribution in [2.24, 2.45) is 0 Å². The maximum atomic E-state index is 10.7. The van der Waals surface area contributed by atoms with E-state index in [9.17, 15) is 10.1 Å². The molecule has 0 saturated heterocycles. The zero-order valence-electron chi connectivity index (χ0n) is 15.1. The molecule has 3 aromatic carbocycles. The van der Waals surface area contributed by atoms with Crippen LogP contribution in [-0.2, 0) is 13.2 Å². The molecule has 0 atom stereocenters. The minimum absolute atomic E-state index is 0.0664. The molecule has 0 fully saturated rings. The Balaban J connectivity index is 1.60. The van der Waals surface area contributed by atoms with Gasteiger partial charge < -0.3 is 10.1 Å². The molecule has 0 aromatic heterocycles. The summed E-state index contributed by atoms with van der Waals surface area (Å²) in [6.45, 7) is 3.02. The zero-order chi connectivity index (χ0) is 20.1. The Kier molecular flexibility index (Phi) is 6.54. The van der Waals surface area contributed by atoms with E-state index < -0.39 is 4.92 Å². The van der Waals surface area contributed by atoms with Crippen LogP contribution in [0.3, 0.4) is 0 Å². The Labute approximate surface area is 176 Å². The largest absolute Gasteiger partial charge is 0.488 e. The van der Waals surface area contributed by atoms with Gasteiger partial charge in [-0.1, -0.05) is 23.7 Å². The molecule has 144 valence electrons. The van der Waals surface area contributed by atoms with Gasteiger partial charge >= 0.3 is 0 Å². The van der Waals surface area contributed by atoms with Crippen LogP contribution in [-0.4, -0.2) is 4.92 Å². The molecule has 0 unspecified atom stereocenters. The second-order valence-corrected chi connectivity index (χ2v) is 7.58. The molecule has 0 saturated carbocycles. The first kappa shape index (κ1) is 20.2. The minimum Gasteiger partial charge on any atom is -0.488 e. The van der Waals surface area contributed by atoms with Crippen LogP contribution in [0.15, 0.2) is 65.1 Å². The Hall–Kier alpha value is -2.57. The number of anilines is 1. The number of hydrogen-bond acceptors (Lipinski definition) is 4. The second-order valence-electron chi connectivity index (χ2n) is 6.29. The third-order valence-corrected chi connectivity index (χ3v) is 5.08. The summed E-state index contributed by atoms with van der Waals surface area (Å²) in [4.78, 5) is 10.3. The standard InChI is InChI=1S/C21H18BrClN2O3/c1-14-2-6-17(23)11-20(14)24-12-16-5-9-21(19(22)10-16)28-13-15-3-7-18(8-4-15)25(26)27/h2-11,24H,12-13H2,1H3. The van der Waals surface area contributed by atoms with Gasteiger partial charge in [0.15, 0.2) is 0 Å². The Morgan fingerprint density at radius 1 is 1.07 bits per heavy atom. The van der Waals surface area contributed by atoms with Crippen LogP contribution in [0.5, 0.6) is 5.75 Å². The lowest BCUT2D eigenvalue weighted by molar-refractivity contribution is -0.384. The number of nitrogens with zero attached hydrogens (tertiary/aromatic N) is 1. The van der Waals surface area contributed by atoms with Gasteiger partial charge in [-0.15, -0.1) is 0 Å². The van der Waals surface area contributed by atoms with E-state index in [1.807, 2.05) is 43.3 Å². The van der Waals surface area contributed by atoms with Crippen molar-refractivity contribution in [2.75, 3.05) is 5.32 Å². The minimum atomic E-state index is -0.418. The Morgan fingerprint density at radius 2 is 1.79 bits per heavy atom. The number of nitrogens with one attached hydrogen (secondary N) is 1. The molecule has 0 aliphatic rings. The van der Waals surface area contributed by atoms with Crippen molar-refractivity contribution < 1.29 is 9.66 Å². The molecule has 0 spiro atoms. The highest BCUT2D eigenvalue weighted by Gasteiger charge is 2.07. The van der Waals surface area contributed by atoms with E-state index in [4.69, 9.17) is 16.3 Å². The first-order valence-electron chi connectivity index (χ1n) is 8.57. The van der Waals surface area contributed by atoms with Crippen LogP contribution in [0, 0.1) is 17.0 Å². The SMILES string of the molecule is Cc1ccc(Cl)cc1NCc1ccc(OCc2ccc([N+](=O)[O-])cc2)c(Br)c1. The van der Waals surface area contributed by atoms with Gasteiger partial charge in [-0.3, -0.25) is 10.1 Å². The van der Waals surface area contributed by atoms with Gasteiger partial charge in [0, 0.05) is 29.4 Å². The first-order valence-corrected chi connectivity index (χ1v) is 9.74. The normalized spacial score (nSPS) is 10.5. The third kappa shape index (κ3) is 5.24. The van der Waals surface area contributed by atoms with E-state index in [1.165, 1.54) is 12.1 Å². The topological polar surface area (TPSA) is 64.4 Å². The number of ether oxygens (including phenoxy) is 1. The highest BCUT2D eigenvalue weighted by Crippen LogP contribution is 2.28. The average Bonchev–Trinajstić information content (AvgIpc) is 2.68. The van der Waals surface area contributed by atoms with E-state index >= 15 is 0 Å². The summed E-state index contributed by atoms with van der Waals surface area (Å²) in [6.07, 6.45) is 0. The zero-order valence-corrected chi connectivity index (χ0v) is 17.5. The Bertz CT molecular complexity index is 993. The fraction of sp³-hybridized carbons (Fsp3) is 0.143. The molecular formula is C21H18BrClN2O3. The van der Waals surface area contributed by atoms with E-state index in [1.54, 1.807) is 12.1 Å². The van der Waals surface area contributed by atoms with Crippen LogP contribution < -0.4 is 10.1 Å². The number of benzene rings is 3. The number of nitro groups is 1. The number of halogens is 2. The van der Waals surface area contributed by atoms with Gasteiger partial charge in [0.25, 0.3) is 5.69 Å². The van der Waals surface area contributed by atoms with E-state index in [2.05, 4.69) is 21.2 Å². The highest BCUT2D eigenvalue weighted by atomic mass is 79.9. The molecule has 1 N–H and O–H groups in total. The summed E-state index contributed by atoms with van der Waals surface area (Å²) in [5.41, 5.74) is 4.15. The quantitative estimate of drug-likeness (QED) is 0.322. The first-order chi connectivity index (χ1) is 13.4. The molecule has 7 heteroatoms. The summed E-state index contributed by atoms with van der Waals surface area (Å²) in [5, 5.41) is 14.8. The molecule has 5 nitrogen and oxygen atoms in total. The molecule has 3 aromatic rings. The molecular weight excluding hydrogens is 444 g/mol. The lowest BCUT2D eigenvalue weighted by Gasteiger charge is -2.12. The summed E-state index contributed by atoms with van der Waals surface area (Å²) in [7, 11) is 0. The van der Waals surface area contributed by atoms with Crippen LogP contribution in [0.2, 0.25) is 5.02 Å². The summed E-state index contributed by atoms with van der Waals surface area (Å²) < 4.78 is 6.67.